The normalized spacial score (nSPS) is 14.3. The van der Waals surface area contributed by atoms with Crippen LogP contribution in [0.15, 0.2) is 22.7 Å². The number of hydrogen-bond donors (Lipinski definition) is 1. The zero-order valence-corrected chi connectivity index (χ0v) is 12.9. The number of halogens is 1. The molecule has 4 heteroatoms. The SMILES string of the molecule is COCCC(C)Oc1ccc(Br)cc1CC(C)N. The quantitative estimate of drug-likeness (QED) is 0.840. The Morgan fingerprint density at radius 2 is 2.06 bits per heavy atom. The van der Waals surface area contributed by atoms with Gasteiger partial charge in [0.25, 0.3) is 0 Å². The highest BCUT2D eigenvalue weighted by Gasteiger charge is 2.10. The van der Waals surface area contributed by atoms with Crippen molar-refractivity contribution in [2.75, 3.05) is 13.7 Å². The molecule has 0 saturated heterocycles. The van der Waals surface area contributed by atoms with Crippen LogP contribution in [0.5, 0.6) is 5.75 Å². The van der Waals surface area contributed by atoms with E-state index in [1.54, 1.807) is 7.11 Å². The van der Waals surface area contributed by atoms with Gasteiger partial charge in [-0.15, -0.1) is 0 Å². The molecule has 2 N–H and O–H groups in total. The zero-order valence-electron chi connectivity index (χ0n) is 11.3. The minimum atomic E-state index is 0.121. The first kappa shape index (κ1) is 15.5. The summed E-state index contributed by atoms with van der Waals surface area (Å²) in [5.74, 6) is 0.916. The highest BCUT2D eigenvalue weighted by Crippen LogP contribution is 2.25. The molecule has 3 nitrogen and oxygen atoms in total. The van der Waals surface area contributed by atoms with Crippen molar-refractivity contribution in [1.82, 2.24) is 0 Å². The van der Waals surface area contributed by atoms with E-state index in [2.05, 4.69) is 28.9 Å². The summed E-state index contributed by atoms with van der Waals surface area (Å²) in [6.07, 6.45) is 1.83. The first-order valence-electron chi connectivity index (χ1n) is 6.22. The monoisotopic (exact) mass is 315 g/mol. The summed E-state index contributed by atoms with van der Waals surface area (Å²) in [4.78, 5) is 0. The van der Waals surface area contributed by atoms with Crippen LogP contribution in [0.4, 0.5) is 0 Å². The Morgan fingerprint density at radius 1 is 1.33 bits per heavy atom. The van der Waals surface area contributed by atoms with Gasteiger partial charge in [0.1, 0.15) is 5.75 Å². The fourth-order valence-corrected chi connectivity index (χ4v) is 2.14. The van der Waals surface area contributed by atoms with Crippen molar-refractivity contribution >= 4 is 15.9 Å². The number of rotatable bonds is 7. The molecule has 0 aliphatic rings. The Bertz CT molecular complexity index is 369. The molecule has 0 amide bonds. The van der Waals surface area contributed by atoms with E-state index < -0.39 is 0 Å². The smallest absolute Gasteiger partial charge is 0.123 e. The summed E-state index contributed by atoms with van der Waals surface area (Å²) >= 11 is 3.48. The molecule has 0 aromatic heterocycles. The average Bonchev–Trinajstić information content (AvgIpc) is 2.29. The predicted molar refractivity (Wildman–Crippen MR) is 78.1 cm³/mol. The lowest BCUT2D eigenvalue weighted by Crippen LogP contribution is -2.20. The zero-order chi connectivity index (χ0) is 13.5. The fourth-order valence-electron chi connectivity index (χ4n) is 1.73. The third-order valence-electron chi connectivity index (χ3n) is 2.62. The first-order valence-corrected chi connectivity index (χ1v) is 7.01. The maximum absolute atomic E-state index is 5.95. The van der Waals surface area contributed by atoms with Gasteiger partial charge in [-0.25, -0.2) is 0 Å². The van der Waals surface area contributed by atoms with Crippen LogP contribution in [0.25, 0.3) is 0 Å². The molecule has 0 heterocycles. The Kier molecular flexibility index (Phi) is 6.68. The van der Waals surface area contributed by atoms with Crippen molar-refractivity contribution in [2.45, 2.75) is 38.8 Å². The van der Waals surface area contributed by atoms with Crippen LogP contribution in [0.2, 0.25) is 0 Å². The van der Waals surface area contributed by atoms with Gasteiger partial charge in [0, 0.05) is 30.7 Å². The number of hydrogen-bond acceptors (Lipinski definition) is 3. The molecule has 0 aliphatic carbocycles. The third kappa shape index (κ3) is 5.38. The summed E-state index contributed by atoms with van der Waals surface area (Å²) in [6.45, 7) is 4.76. The Labute approximate surface area is 118 Å². The van der Waals surface area contributed by atoms with Crippen LogP contribution >= 0.6 is 15.9 Å². The lowest BCUT2D eigenvalue weighted by molar-refractivity contribution is 0.134. The van der Waals surface area contributed by atoms with Gasteiger partial charge < -0.3 is 15.2 Å². The number of methoxy groups -OCH3 is 1. The van der Waals surface area contributed by atoms with Crippen LogP contribution in [0.3, 0.4) is 0 Å². The molecule has 2 atom stereocenters. The van der Waals surface area contributed by atoms with Crippen molar-refractivity contribution in [3.63, 3.8) is 0 Å². The van der Waals surface area contributed by atoms with E-state index in [1.807, 2.05) is 19.1 Å². The van der Waals surface area contributed by atoms with E-state index >= 15 is 0 Å². The average molecular weight is 316 g/mol. The minimum Gasteiger partial charge on any atom is -0.490 e. The second-order valence-corrected chi connectivity index (χ2v) is 5.56. The van der Waals surface area contributed by atoms with Crippen molar-refractivity contribution in [2.24, 2.45) is 5.73 Å². The highest BCUT2D eigenvalue weighted by molar-refractivity contribution is 9.10. The Balaban J connectivity index is 2.74. The van der Waals surface area contributed by atoms with Gasteiger partial charge in [-0.1, -0.05) is 15.9 Å². The number of benzene rings is 1. The van der Waals surface area contributed by atoms with Gasteiger partial charge in [-0.05, 0) is 44.0 Å². The van der Waals surface area contributed by atoms with Gasteiger partial charge in [0.15, 0.2) is 0 Å². The van der Waals surface area contributed by atoms with Gasteiger partial charge >= 0.3 is 0 Å². The van der Waals surface area contributed by atoms with E-state index in [-0.39, 0.29) is 12.1 Å². The Hall–Kier alpha value is -0.580. The van der Waals surface area contributed by atoms with Gasteiger partial charge in [-0.3, -0.25) is 0 Å². The molecular formula is C14H22BrNO2. The van der Waals surface area contributed by atoms with E-state index in [0.29, 0.717) is 6.61 Å². The van der Waals surface area contributed by atoms with Crippen molar-refractivity contribution in [3.05, 3.63) is 28.2 Å². The molecule has 0 saturated carbocycles. The maximum atomic E-state index is 5.95. The highest BCUT2D eigenvalue weighted by atomic mass is 79.9. The Morgan fingerprint density at radius 3 is 2.67 bits per heavy atom. The maximum Gasteiger partial charge on any atom is 0.123 e. The van der Waals surface area contributed by atoms with Crippen LogP contribution in [0, 0.1) is 0 Å². The number of ether oxygens (including phenoxy) is 2. The molecule has 18 heavy (non-hydrogen) atoms. The second-order valence-electron chi connectivity index (χ2n) is 4.64. The van der Waals surface area contributed by atoms with Crippen molar-refractivity contribution < 1.29 is 9.47 Å². The number of nitrogens with two attached hydrogens (primary N) is 1. The topological polar surface area (TPSA) is 44.5 Å². The predicted octanol–water partition coefficient (Wildman–Crippen LogP) is 3.14. The summed E-state index contributed by atoms with van der Waals surface area (Å²) in [6, 6.07) is 6.17. The summed E-state index contributed by atoms with van der Waals surface area (Å²) < 4.78 is 12.1. The van der Waals surface area contributed by atoms with E-state index in [0.717, 1.165) is 28.6 Å². The second kappa shape index (κ2) is 7.77. The minimum absolute atomic E-state index is 0.121. The third-order valence-corrected chi connectivity index (χ3v) is 3.11. The molecule has 0 aliphatic heterocycles. The summed E-state index contributed by atoms with van der Waals surface area (Å²) in [5.41, 5.74) is 7.01. The lowest BCUT2D eigenvalue weighted by Gasteiger charge is -2.18. The van der Waals surface area contributed by atoms with Crippen molar-refractivity contribution in [1.29, 1.82) is 0 Å². The molecular weight excluding hydrogens is 294 g/mol. The molecule has 0 spiro atoms. The molecule has 0 fully saturated rings. The van der Waals surface area contributed by atoms with Crippen LogP contribution < -0.4 is 10.5 Å². The largest absolute Gasteiger partial charge is 0.490 e. The molecule has 1 rings (SSSR count). The molecule has 0 radical (unpaired) electrons. The van der Waals surface area contributed by atoms with Gasteiger partial charge in [-0.2, -0.15) is 0 Å². The van der Waals surface area contributed by atoms with E-state index in [9.17, 15) is 0 Å². The molecule has 1 aromatic rings. The van der Waals surface area contributed by atoms with Gasteiger partial charge in [0.2, 0.25) is 0 Å². The van der Waals surface area contributed by atoms with Crippen LogP contribution in [-0.4, -0.2) is 25.9 Å². The lowest BCUT2D eigenvalue weighted by atomic mass is 10.1. The molecule has 102 valence electrons. The standard InChI is InChI=1S/C14H22BrNO2/c1-10(16)8-12-9-13(15)4-5-14(12)18-11(2)6-7-17-3/h4-5,9-11H,6-8,16H2,1-3H3. The first-order chi connectivity index (χ1) is 8.52. The molecule has 0 bridgehead atoms. The van der Waals surface area contributed by atoms with Gasteiger partial charge in [0.05, 0.1) is 6.10 Å². The van der Waals surface area contributed by atoms with Crippen molar-refractivity contribution in [3.8, 4) is 5.75 Å². The molecule has 1 aromatic carbocycles. The fraction of sp³-hybridized carbons (Fsp3) is 0.571. The van der Waals surface area contributed by atoms with E-state index in [4.69, 9.17) is 15.2 Å². The molecule has 2 unspecified atom stereocenters. The summed E-state index contributed by atoms with van der Waals surface area (Å²) in [5, 5.41) is 0. The summed E-state index contributed by atoms with van der Waals surface area (Å²) in [7, 11) is 1.70. The van der Waals surface area contributed by atoms with E-state index in [1.165, 1.54) is 0 Å². The van der Waals surface area contributed by atoms with Crippen LogP contribution in [0.1, 0.15) is 25.8 Å². The van der Waals surface area contributed by atoms with Crippen LogP contribution in [-0.2, 0) is 11.2 Å².